The van der Waals surface area contributed by atoms with Crippen LogP contribution in [0, 0.1) is 27.7 Å². The molecule has 0 radical (unpaired) electrons. The molecule has 0 atom stereocenters. The van der Waals surface area contributed by atoms with E-state index in [4.69, 9.17) is 4.74 Å². The first-order chi connectivity index (χ1) is 15.7. The zero-order valence-corrected chi connectivity index (χ0v) is 20.3. The lowest BCUT2D eigenvalue weighted by Gasteiger charge is -2.21. The van der Waals surface area contributed by atoms with E-state index in [0.717, 1.165) is 48.1 Å². The highest BCUT2D eigenvalue weighted by molar-refractivity contribution is 7.20. The standard InChI is InChI=1S/C25H29N3O4S/c1-14-10-15(2)21(16(3)11-14)27-19(29)12-28-13-26-23-20(24(28)30)17(4)22(33-23)25(31)32-18-8-6-5-7-9-18/h10-11,13,18H,5-9,12H2,1-4H3,(H,27,29). The monoisotopic (exact) mass is 467 g/mol. The maximum atomic E-state index is 13.1. The van der Waals surface area contributed by atoms with Crippen molar-refractivity contribution in [3.8, 4) is 0 Å². The van der Waals surface area contributed by atoms with Gasteiger partial charge in [0.25, 0.3) is 5.56 Å². The van der Waals surface area contributed by atoms with Crippen LogP contribution in [0.4, 0.5) is 5.69 Å². The van der Waals surface area contributed by atoms with Crippen molar-refractivity contribution in [1.82, 2.24) is 9.55 Å². The first-order valence-electron chi connectivity index (χ1n) is 11.3. The summed E-state index contributed by atoms with van der Waals surface area (Å²) in [6, 6.07) is 4.01. The first kappa shape index (κ1) is 23.2. The third kappa shape index (κ3) is 4.85. The molecule has 1 aliphatic rings. The number of anilines is 1. The number of carbonyl (C=O) groups excluding carboxylic acids is 2. The van der Waals surface area contributed by atoms with E-state index in [-0.39, 0.29) is 24.1 Å². The summed E-state index contributed by atoms with van der Waals surface area (Å²) in [4.78, 5) is 43.8. The Morgan fingerprint density at radius 1 is 1.12 bits per heavy atom. The number of aryl methyl sites for hydroxylation is 4. The molecule has 0 unspecified atom stereocenters. The van der Waals surface area contributed by atoms with Crippen molar-refractivity contribution in [2.45, 2.75) is 72.4 Å². The van der Waals surface area contributed by atoms with Gasteiger partial charge in [-0.05, 0) is 70.1 Å². The van der Waals surface area contributed by atoms with Gasteiger partial charge in [-0.1, -0.05) is 24.1 Å². The SMILES string of the molecule is Cc1cc(C)c(NC(=O)Cn2cnc3sc(C(=O)OC4CCCCC4)c(C)c3c2=O)c(C)c1. The maximum Gasteiger partial charge on any atom is 0.348 e. The summed E-state index contributed by atoms with van der Waals surface area (Å²) in [6.07, 6.45) is 6.39. The minimum absolute atomic E-state index is 0.0575. The Bertz CT molecular complexity index is 1260. The van der Waals surface area contributed by atoms with Crippen molar-refractivity contribution in [3.63, 3.8) is 0 Å². The minimum atomic E-state index is -0.392. The van der Waals surface area contributed by atoms with Crippen LogP contribution in [0.3, 0.4) is 0 Å². The second-order valence-corrected chi connectivity index (χ2v) is 9.90. The Labute approximate surface area is 196 Å². The van der Waals surface area contributed by atoms with E-state index in [9.17, 15) is 14.4 Å². The number of thiophene rings is 1. The summed E-state index contributed by atoms with van der Waals surface area (Å²) in [5, 5.41) is 3.28. The molecule has 2 heterocycles. The molecule has 174 valence electrons. The van der Waals surface area contributed by atoms with Gasteiger partial charge in [0.2, 0.25) is 5.91 Å². The van der Waals surface area contributed by atoms with E-state index in [0.29, 0.717) is 20.7 Å². The molecular weight excluding hydrogens is 438 g/mol. The predicted octanol–water partition coefficient (Wildman–Crippen LogP) is 4.82. The van der Waals surface area contributed by atoms with Gasteiger partial charge in [0.05, 0.1) is 11.7 Å². The number of carbonyl (C=O) groups is 2. The highest BCUT2D eigenvalue weighted by Crippen LogP contribution is 2.29. The molecule has 1 N–H and O–H groups in total. The van der Waals surface area contributed by atoms with Crippen LogP contribution in [0.15, 0.2) is 23.3 Å². The molecule has 3 aromatic rings. The average Bonchev–Trinajstić information content (AvgIpc) is 3.11. The highest BCUT2D eigenvalue weighted by Gasteiger charge is 2.24. The van der Waals surface area contributed by atoms with Crippen LogP contribution in [0.5, 0.6) is 0 Å². The van der Waals surface area contributed by atoms with Crippen molar-refractivity contribution in [2.75, 3.05) is 5.32 Å². The summed E-state index contributed by atoms with van der Waals surface area (Å²) in [5.41, 5.74) is 4.05. The molecule has 8 heteroatoms. The summed E-state index contributed by atoms with van der Waals surface area (Å²) >= 11 is 1.17. The molecule has 0 spiro atoms. The van der Waals surface area contributed by atoms with Gasteiger partial charge in [-0.25, -0.2) is 9.78 Å². The van der Waals surface area contributed by atoms with Crippen LogP contribution < -0.4 is 10.9 Å². The van der Waals surface area contributed by atoms with E-state index in [1.165, 1.54) is 28.7 Å². The molecule has 1 aliphatic carbocycles. The smallest absolute Gasteiger partial charge is 0.348 e. The van der Waals surface area contributed by atoms with E-state index in [2.05, 4.69) is 10.3 Å². The van der Waals surface area contributed by atoms with Crippen LogP contribution in [0.25, 0.3) is 10.2 Å². The number of fused-ring (bicyclic) bond motifs is 1. The molecule has 4 rings (SSSR count). The molecule has 1 fully saturated rings. The maximum absolute atomic E-state index is 13.1. The fourth-order valence-corrected chi connectivity index (χ4v) is 5.59. The van der Waals surface area contributed by atoms with E-state index >= 15 is 0 Å². The fraction of sp³-hybridized carbons (Fsp3) is 0.440. The van der Waals surface area contributed by atoms with Gasteiger partial charge in [-0.3, -0.25) is 14.2 Å². The van der Waals surface area contributed by atoms with Gasteiger partial charge in [0, 0.05) is 5.69 Å². The highest BCUT2D eigenvalue weighted by atomic mass is 32.1. The molecule has 0 saturated heterocycles. The lowest BCUT2D eigenvalue weighted by atomic mass is 9.98. The number of hydrogen-bond donors (Lipinski definition) is 1. The lowest BCUT2D eigenvalue weighted by molar-refractivity contribution is -0.116. The Kier molecular flexibility index (Phi) is 6.65. The van der Waals surface area contributed by atoms with Crippen LogP contribution >= 0.6 is 11.3 Å². The number of hydrogen-bond acceptors (Lipinski definition) is 6. The molecule has 33 heavy (non-hydrogen) atoms. The normalized spacial score (nSPS) is 14.4. The van der Waals surface area contributed by atoms with Crippen LogP contribution in [-0.4, -0.2) is 27.5 Å². The van der Waals surface area contributed by atoms with Gasteiger partial charge < -0.3 is 10.1 Å². The van der Waals surface area contributed by atoms with Gasteiger partial charge >= 0.3 is 5.97 Å². The summed E-state index contributed by atoms with van der Waals surface area (Å²) in [7, 11) is 0. The van der Waals surface area contributed by atoms with Gasteiger partial charge in [-0.2, -0.15) is 0 Å². The lowest BCUT2D eigenvalue weighted by Crippen LogP contribution is -2.28. The van der Waals surface area contributed by atoms with Gasteiger partial charge in [0.15, 0.2) is 0 Å². The Morgan fingerprint density at radius 3 is 2.45 bits per heavy atom. The predicted molar refractivity (Wildman–Crippen MR) is 130 cm³/mol. The van der Waals surface area contributed by atoms with Crippen LogP contribution in [-0.2, 0) is 16.1 Å². The van der Waals surface area contributed by atoms with E-state index < -0.39 is 5.97 Å². The first-order valence-corrected chi connectivity index (χ1v) is 12.1. The Balaban J connectivity index is 1.55. The Hall–Kier alpha value is -3.00. The molecular formula is C25H29N3O4S. The fourth-order valence-electron chi connectivity index (χ4n) is 4.57. The van der Waals surface area contributed by atoms with Crippen molar-refractivity contribution in [3.05, 3.63) is 55.9 Å². The van der Waals surface area contributed by atoms with Crippen molar-refractivity contribution in [1.29, 1.82) is 0 Å². The number of aromatic nitrogens is 2. The quantitative estimate of drug-likeness (QED) is 0.543. The number of nitrogens with one attached hydrogen (secondary N) is 1. The summed E-state index contributed by atoms with van der Waals surface area (Å²) < 4.78 is 6.97. The topological polar surface area (TPSA) is 90.3 Å². The van der Waals surface area contributed by atoms with Crippen LogP contribution in [0.2, 0.25) is 0 Å². The zero-order valence-electron chi connectivity index (χ0n) is 19.5. The Morgan fingerprint density at radius 2 is 1.79 bits per heavy atom. The molecule has 7 nitrogen and oxygen atoms in total. The summed E-state index contributed by atoms with van der Waals surface area (Å²) in [6.45, 7) is 7.47. The largest absolute Gasteiger partial charge is 0.458 e. The average molecular weight is 468 g/mol. The molecule has 2 aromatic heterocycles. The van der Waals surface area contributed by atoms with Gasteiger partial charge in [-0.15, -0.1) is 11.3 Å². The van der Waals surface area contributed by atoms with E-state index in [1.54, 1.807) is 6.92 Å². The third-order valence-corrected chi connectivity index (χ3v) is 7.36. The number of ether oxygens (including phenoxy) is 1. The molecule has 0 bridgehead atoms. The third-order valence-electron chi connectivity index (χ3n) is 6.18. The minimum Gasteiger partial charge on any atom is -0.458 e. The molecule has 1 aromatic carbocycles. The van der Waals surface area contributed by atoms with Crippen molar-refractivity contribution in [2.24, 2.45) is 0 Å². The number of benzene rings is 1. The second-order valence-electron chi connectivity index (χ2n) is 8.90. The van der Waals surface area contributed by atoms with Gasteiger partial charge in [0.1, 0.15) is 22.4 Å². The summed E-state index contributed by atoms with van der Waals surface area (Å²) in [5.74, 6) is -0.700. The second kappa shape index (κ2) is 9.47. The number of nitrogens with zero attached hydrogens (tertiary/aromatic N) is 2. The molecule has 0 aliphatic heterocycles. The van der Waals surface area contributed by atoms with Crippen LogP contribution in [0.1, 0.15) is 64.0 Å². The number of esters is 1. The van der Waals surface area contributed by atoms with Crippen molar-refractivity contribution >= 4 is 39.1 Å². The number of amides is 1. The van der Waals surface area contributed by atoms with Crippen molar-refractivity contribution < 1.29 is 14.3 Å². The van der Waals surface area contributed by atoms with E-state index in [1.807, 2.05) is 32.9 Å². The molecule has 1 amide bonds. The zero-order chi connectivity index (χ0) is 23.7. The molecule has 1 saturated carbocycles. The number of rotatable bonds is 5.